The topological polar surface area (TPSA) is 12.5 Å². The molecule has 0 spiro atoms. The third-order valence-corrected chi connectivity index (χ3v) is 3.69. The highest BCUT2D eigenvalue weighted by Gasteiger charge is 2.44. The molecule has 1 aliphatic carbocycles. The van der Waals surface area contributed by atoms with E-state index in [0.29, 0.717) is 23.8 Å². The smallest absolute Gasteiger partial charge is 0.269 e. The molecule has 2 aliphatic rings. The minimum Gasteiger partial charge on any atom is -0.384 e. The van der Waals surface area contributed by atoms with Crippen molar-refractivity contribution in [2.24, 2.45) is 5.41 Å². The lowest BCUT2D eigenvalue weighted by Crippen LogP contribution is -2.37. The first-order valence-corrected chi connectivity index (χ1v) is 5.89. The average Bonchev–Trinajstić information content (AvgIpc) is 2.99. The van der Waals surface area contributed by atoms with Crippen LogP contribution < -0.4 is 0 Å². The van der Waals surface area contributed by atoms with Gasteiger partial charge in [0.1, 0.15) is 0 Å². The second-order valence-electron chi connectivity index (χ2n) is 5.07. The van der Waals surface area contributed by atoms with E-state index in [1.165, 1.54) is 12.8 Å². The van der Waals surface area contributed by atoms with Crippen LogP contribution in [0.4, 0.5) is 8.78 Å². The molecule has 0 unspecified atom stereocenters. The van der Waals surface area contributed by atoms with Gasteiger partial charge in [-0.05, 0) is 31.3 Å². The number of piperidine rings is 1. The van der Waals surface area contributed by atoms with Crippen LogP contribution >= 0.6 is 0 Å². The lowest BCUT2D eigenvalue weighted by atomic mass is 10.0. The van der Waals surface area contributed by atoms with E-state index >= 15 is 0 Å². The van der Waals surface area contributed by atoms with Crippen molar-refractivity contribution >= 4 is 0 Å². The number of nitrogens with zero attached hydrogens (tertiary/aromatic N) is 1. The number of halogens is 2. The zero-order valence-electron chi connectivity index (χ0n) is 9.77. The van der Waals surface area contributed by atoms with Gasteiger partial charge in [-0.3, -0.25) is 0 Å². The molecule has 0 radical (unpaired) electrons. The third kappa shape index (κ3) is 2.80. The minimum atomic E-state index is -1.46. The Bertz CT molecular complexity index is 273. The summed E-state index contributed by atoms with van der Waals surface area (Å²) >= 11 is 0. The van der Waals surface area contributed by atoms with Crippen LogP contribution in [0.25, 0.3) is 0 Å². The zero-order valence-corrected chi connectivity index (χ0v) is 9.77. The Labute approximate surface area is 95.3 Å². The predicted molar refractivity (Wildman–Crippen MR) is 58.5 cm³/mol. The maximum Gasteiger partial charge on any atom is 0.269 e. The Morgan fingerprint density at radius 3 is 2.38 bits per heavy atom. The molecule has 4 heteroatoms. The fourth-order valence-electron chi connectivity index (χ4n) is 2.48. The first kappa shape index (κ1) is 12.0. The monoisotopic (exact) mass is 231 g/mol. The maximum absolute atomic E-state index is 12.4. The lowest BCUT2D eigenvalue weighted by Gasteiger charge is -2.31. The van der Waals surface area contributed by atoms with Gasteiger partial charge in [-0.2, -0.15) is 8.78 Å². The second kappa shape index (κ2) is 4.80. The number of methoxy groups -OCH3 is 1. The van der Waals surface area contributed by atoms with Gasteiger partial charge in [-0.15, -0.1) is 0 Å². The molecule has 0 aromatic carbocycles. The molecule has 92 valence electrons. The van der Waals surface area contributed by atoms with Gasteiger partial charge in [-0.25, -0.2) is 0 Å². The Balaban J connectivity index is 1.80. The molecule has 1 heterocycles. The van der Waals surface area contributed by atoms with Crippen molar-refractivity contribution in [2.75, 3.05) is 33.4 Å². The van der Waals surface area contributed by atoms with Crippen LogP contribution in [-0.2, 0) is 4.74 Å². The van der Waals surface area contributed by atoms with Crippen LogP contribution in [0.3, 0.4) is 0 Å². The van der Waals surface area contributed by atoms with Crippen molar-refractivity contribution in [2.45, 2.75) is 25.7 Å². The summed E-state index contributed by atoms with van der Waals surface area (Å²) in [5, 5.41) is 0. The normalized spacial score (nSPS) is 24.6. The Hall–Kier alpha value is -0.480. The summed E-state index contributed by atoms with van der Waals surface area (Å²) in [5.74, 6) is 0. The highest BCUT2D eigenvalue weighted by Crippen LogP contribution is 2.46. The summed E-state index contributed by atoms with van der Waals surface area (Å²) in [6.07, 6.45) is 2.05. The van der Waals surface area contributed by atoms with Crippen LogP contribution in [-0.4, -0.2) is 38.3 Å². The van der Waals surface area contributed by atoms with Gasteiger partial charge in [0.2, 0.25) is 0 Å². The Morgan fingerprint density at radius 1 is 1.31 bits per heavy atom. The van der Waals surface area contributed by atoms with Gasteiger partial charge in [0.15, 0.2) is 0 Å². The summed E-state index contributed by atoms with van der Waals surface area (Å²) in [7, 11) is 1.73. The predicted octanol–water partition coefficient (Wildman–Crippen LogP) is 2.66. The highest BCUT2D eigenvalue weighted by atomic mass is 19.3. The van der Waals surface area contributed by atoms with Gasteiger partial charge in [-0.1, -0.05) is 0 Å². The third-order valence-electron chi connectivity index (χ3n) is 3.69. The molecule has 0 N–H and O–H groups in total. The molecule has 2 fully saturated rings. The van der Waals surface area contributed by atoms with Crippen molar-refractivity contribution in [3.8, 4) is 0 Å². The Morgan fingerprint density at radius 2 is 1.94 bits per heavy atom. The highest BCUT2D eigenvalue weighted by molar-refractivity contribution is 5.07. The van der Waals surface area contributed by atoms with Crippen molar-refractivity contribution in [1.82, 2.24) is 4.90 Å². The van der Waals surface area contributed by atoms with Crippen molar-refractivity contribution < 1.29 is 13.5 Å². The summed E-state index contributed by atoms with van der Waals surface area (Å²) in [4.78, 5) is 2.30. The summed E-state index contributed by atoms with van der Waals surface area (Å²) < 4.78 is 29.9. The first-order chi connectivity index (χ1) is 7.65. The van der Waals surface area contributed by atoms with E-state index in [9.17, 15) is 8.78 Å². The number of hydrogen-bond acceptors (Lipinski definition) is 2. The van der Waals surface area contributed by atoms with E-state index < -0.39 is 6.08 Å². The molecule has 1 aliphatic heterocycles. The molecule has 16 heavy (non-hydrogen) atoms. The fraction of sp³-hybridized carbons (Fsp3) is 0.833. The number of hydrogen-bond donors (Lipinski definition) is 0. The average molecular weight is 231 g/mol. The molecule has 0 aromatic rings. The number of ether oxygens (including phenoxy) is 1. The van der Waals surface area contributed by atoms with E-state index in [4.69, 9.17) is 4.74 Å². The second-order valence-corrected chi connectivity index (χ2v) is 5.07. The zero-order chi connectivity index (χ0) is 11.6. The van der Waals surface area contributed by atoms with Gasteiger partial charge >= 0.3 is 0 Å². The molecule has 2 rings (SSSR count). The standard InChI is InChI=1S/C12H19F2NO/c1-16-9-12(4-5-12)8-15-6-2-10(3-7-15)11(13)14/h2-9H2,1H3. The summed E-state index contributed by atoms with van der Waals surface area (Å²) in [5.41, 5.74) is 0.692. The van der Waals surface area contributed by atoms with Crippen LogP contribution in [0.1, 0.15) is 25.7 Å². The number of rotatable bonds is 4. The van der Waals surface area contributed by atoms with Gasteiger partial charge in [0.25, 0.3) is 6.08 Å². The largest absolute Gasteiger partial charge is 0.384 e. The van der Waals surface area contributed by atoms with Gasteiger partial charge in [0, 0.05) is 32.2 Å². The van der Waals surface area contributed by atoms with Crippen LogP contribution in [0.15, 0.2) is 11.7 Å². The molecule has 1 saturated heterocycles. The molecular formula is C12H19F2NO. The summed E-state index contributed by atoms with van der Waals surface area (Å²) in [6, 6.07) is 0. The van der Waals surface area contributed by atoms with Crippen LogP contribution in [0.2, 0.25) is 0 Å². The quantitative estimate of drug-likeness (QED) is 0.737. The van der Waals surface area contributed by atoms with E-state index in [2.05, 4.69) is 4.90 Å². The molecule has 0 bridgehead atoms. The van der Waals surface area contributed by atoms with E-state index in [1.807, 2.05) is 0 Å². The van der Waals surface area contributed by atoms with E-state index in [1.54, 1.807) is 7.11 Å². The van der Waals surface area contributed by atoms with Crippen molar-refractivity contribution in [3.63, 3.8) is 0 Å². The maximum atomic E-state index is 12.4. The van der Waals surface area contributed by atoms with Gasteiger partial charge in [0.05, 0.1) is 6.61 Å². The Kier molecular flexibility index (Phi) is 3.60. The molecular weight excluding hydrogens is 212 g/mol. The van der Waals surface area contributed by atoms with Gasteiger partial charge < -0.3 is 9.64 Å². The van der Waals surface area contributed by atoms with Crippen LogP contribution in [0, 0.1) is 5.41 Å². The van der Waals surface area contributed by atoms with Crippen molar-refractivity contribution in [3.05, 3.63) is 11.7 Å². The SMILES string of the molecule is COCC1(CN2CCC(=C(F)F)CC2)CC1. The molecule has 1 saturated carbocycles. The fourth-order valence-corrected chi connectivity index (χ4v) is 2.48. The summed E-state index contributed by atoms with van der Waals surface area (Å²) in [6.45, 7) is 3.38. The van der Waals surface area contributed by atoms with E-state index in [-0.39, 0.29) is 0 Å². The molecule has 0 atom stereocenters. The minimum absolute atomic E-state index is 0.338. The molecule has 2 nitrogen and oxygen atoms in total. The molecule has 0 amide bonds. The molecule has 0 aromatic heterocycles. The van der Waals surface area contributed by atoms with E-state index in [0.717, 1.165) is 26.2 Å². The van der Waals surface area contributed by atoms with Crippen molar-refractivity contribution in [1.29, 1.82) is 0 Å². The van der Waals surface area contributed by atoms with Crippen LogP contribution in [0.5, 0.6) is 0 Å². The lowest BCUT2D eigenvalue weighted by molar-refractivity contribution is 0.104. The number of likely N-dealkylation sites (tertiary alicyclic amines) is 1. The first-order valence-electron chi connectivity index (χ1n) is 5.89.